The predicted molar refractivity (Wildman–Crippen MR) is 103 cm³/mol. The maximum absolute atomic E-state index is 13.7. The maximum atomic E-state index is 13.7. The number of nitrogens with zero attached hydrogens (tertiary/aromatic N) is 2. The Balaban J connectivity index is 1.57. The molecular formula is C20H18FN3O2S. The molecule has 0 saturated heterocycles. The van der Waals surface area contributed by atoms with E-state index in [2.05, 4.69) is 10.3 Å². The fourth-order valence-corrected chi connectivity index (χ4v) is 3.17. The molecule has 1 aromatic heterocycles. The zero-order valence-electron chi connectivity index (χ0n) is 14.7. The van der Waals surface area contributed by atoms with Crippen molar-refractivity contribution in [1.29, 1.82) is 0 Å². The van der Waals surface area contributed by atoms with E-state index in [0.717, 1.165) is 0 Å². The van der Waals surface area contributed by atoms with Gasteiger partial charge in [-0.3, -0.25) is 14.9 Å². The summed E-state index contributed by atoms with van der Waals surface area (Å²) in [6, 6.07) is 15.2. The fraction of sp³-hybridized carbons (Fsp3) is 0.150. The molecule has 3 aromatic rings. The topological polar surface area (TPSA) is 62.3 Å². The molecular weight excluding hydrogens is 365 g/mol. The molecule has 7 heteroatoms. The minimum atomic E-state index is -0.336. The summed E-state index contributed by atoms with van der Waals surface area (Å²) < 4.78 is 13.7. The molecule has 1 N–H and O–H groups in total. The van der Waals surface area contributed by atoms with Gasteiger partial charge in [0.2, 0.25) is 5.91 Å². The Morgan fingerprint density at radius 2 is 1.81 bits per heavy atom. The summed E-state index contributed by atoms with van der Waals surface area (Å²) in [5, 5.41) is 4.89. The Morgan fingerprint density at radius 3 is 2.56 bits per heavy atom. The summed E-state index contributed by atoms with van der Waals surface area (Å²) >= 11 is 1.26. The molecule has 0 fully saturated rings. The summed E-state index contributed by atoms with van der Waals surface area (Å²) in [7, 11) is 1.62. The highest BCUT2D eigenvalue weighted by Crippen LogP contribution is 2.18. The lowest BCUT2D eigenvalue weighted by Crippen LogP contribution is -2.28. The first-order valence-electron chi connectivity index (χ1n) is 8.31. The number of halogens is 1. The lowest BCUT2D eigenvalue weighted by Gasteiger charge is -2.17. The van der Waals surface area contributed by atoms with E-state index in [-0.39, 0.29) is 30.6 Å². The van der Waals surface area contributed by atoms with E-state index in [1.54, 1.807) is 54.9 Å². The van der Waals surface area contributed by atoms with Crippen LogP contribution in [-0.4, -0.2) is 28.7 Å². The first-order valence-corrected chi connectivity index (χ1v) is 9.19. The fourth-order valence-electron chi connectivity index (χ4n) is 2.46. The van der Waals surface area contributed by atoms with Crippen LogP contribution in [0.3, 0.4) is 0 Å². The van der Waals surface area contributed by atoms with Gasteiger partial charge in [-0.1, -0.05) is 36.4 Å². The van der Waals surface area contributed by atoms with Crippen molar-refractivity contribution in [2.45, 2.75) is 13.0 Å². The van der Waals surface area contributed by atoms with Crippen molar-refractivity contribution in [3.05, 3.63) is 82.6 Å². The number of nitrogens with one attached hydrogen (secondary N) is 1. The summed E-state index contributed by atoms with van der Waals surface area (Å²) in [5.41, 5.74) is 1.56. The summed E-state index contributed by atoms with van der Waals surface area (Å²) in [5.74, 6) is -0.763. The summed E-state index contributed by atoms with van der Waals surface area (Å²) in [6.07, 6.45) is 0.0860. The van der Waals surface area contributed by atoms with Gasteiger partial charge in [-0.05, 0) is 18.2 Å². The standard InChI is InChI=1S/C20H18FN3O2S/c1-24(12-15-9-5-6-10-17(15)21)18(25)11-16-13-27-20(22-16)23-19(26)14-7-3-2-4-8-14/h2-10,13H,11-12H2,1H3,(H,22,23,26). The van der Waals surface area contributed by atoms with Crippen molar-refractivity contribution in [3.63, 3.8) is 0 Å². The van der Waals surface area contributed by atoms with Crippen LogP contribution >= 0.6 is 11.3 Å². The molecule has 0 spiro atoms. The highest BCUT2D eigenvalue weighted by atomic mass is 32.1. The minimum Gasteiger partial charge on any atom is -0.341 e. The second kappa shape index (κ2) is 8.55. The Kier molecular flexibility index (Phi) is 5.93. The third kappa shape index (κ3) is 4.98. The molecule has 3 rings (SSSR count). The number of thiazole rings is 1. The summed E-state index contributed by atoms with van der Waals surface area (Å²) in [6.45, 7) is 0.188. The van der Waals surface area contributed by atoms with Gasteiger partial charge in [0.15, 0.2) is 5.13 Å². The van der Waals surface area contributed by atoms with E-state index in [0.29, 0.717) is 22.0 Å². The third-order valence-electron chi connectivity index (χ3n) is 3.93. The highest BCUT2D eigenvalue weighted by Gasteiger charge is 2.15. The molecule has 27 heavy (non-hydrogen) atoms. The van der Waals surface area contributed by atoms with E-state index in [1.165, 1.54) is 22.3 Å². The molecule has 0 unspecified atom stereocenters. The zero-order chi connectivity index (χ0) is 19.2. The zero-order valence-corrected chi connectivity index (χ0v) is 15.5. The van der Waals surface area contributed by atoms with Crippen molar-refractivity contribution in [2.75, 3.05) is 12.4 Å². The molecule has 0 saturated carbocycles. The van der Waals surface area contributed by atoms with Crippen LogP contribution in [0.2, 0.25) is 0 Å². The third-order valence-corrected chi connectivity index (χ3v) is 4.74. The number of rotatable bonds is 6. The molecule has 0 aliphatic rings. The second-order valence-corrected chi connectivity index (χ2v) is 6.84. The maximum Gasteiger partial charge on any atom is 0.257 e. The monoisotopic (exact) mass is 383 g/mol. The van der Waals surface area contributed by atoms with Gasteiger partial charge in [0, 0.05) is 30.1 Å². The molecule has 0 bridgehead atoms. The molecule has 1 heterocycles. The SMILES string of the molecule is CN(Cc1ccccc1F)C(=O)Cc1csc(NC(=O)c2ccccc2)n1. The molecule has 5 nitrogen and oxygen atoms in total. The van der Waals surface area contributed by atoms with Crippen LogP contribution in [0.25, 0.3) is 0 Å². The largest absolute Gasteiger partial charge is 0.341 e. The Labute approximate surface area is 160 Å². The molecule has 0 atom stereocenters. The van der Waals surface area contributed by atoms with Crippen LogP contribution in [0, 0.1) is 5.82 Å². The average molecular weight is 383 g/mol. The minimum absolute atomic E-state index is 0.0860. The Hall–Kier alpha value is -3.06. The molecule has 0 aliphatic carbocycles. The summed E-state index contributed by atoms with van der Waals surface area (Å²) in [4.78, 5) is 30.2. The molecule has 0 radical (unpaired) electrons. The van der Waals surface area contributed by atoms with Gasteiger partial charge < -0.3 is 4.90 Å². The van der Waals surface area contributed by atoms with Crippen molar-refractivity contribution in [3.8, 4) is 0 Å². The Bertz CT molecular complexity index is 943. The first kappa shape index (κ1) is 18.7. The van der Waals surface area contributed by atoms with Crippen molar-refractivity contribution in [2.24, 2.45) is 0 Å². The number of hydrogen-bond acceptors (Lipinski definition) is 4. The van der Waals surface area contributed by atoms with Crippen LogP contribution in [0.5, 0.6) is 0 Å². The number of amides is 2. The highest BCUT2D eigenvalue weighted by molar-refractivity contribution is 7.14. The van der Waals surface area contributed by atoms with Crippen molar-refractivity contribution in [1.82, 2.24) is 9.88 Å². The number of hydrogen-bond donors (Lipinski definition) is 1. The normalized spacial score (nSPS) is 10.4. The molecule has 2 aromatic carbocycles. The predicted octanol–water partition coefficient (Wildman–Crippen LogP) is 3.74. The molecule has 2 amide bonds. The van der Waals surface area contributed by atoms with E-state index in [4.69, 9.17) is 0 Å². The van der Waals surface area contributed by atoms with E-state index >= 15 is 0 Å². The van der Waals surface area contributed by atoms with Crippen molar-refractivity contribution < 1.29 is 14.0 Å². The van der Waals surface area contributed by atoms with Crippen LogP contribution in [-0.2, 0) is 17.8 Å². The number of anilines is 1. The number of benzene rings is 2. The van der Waals surface area contributed by atoms with Crippen LogP contribution in [0.1, 0.15) is 21.6 Å². The van der Waals surface area contributed by atoms with Gasteiger partial charge in [-0.25, -0.2) is 9.37 Å². The second-order valence-electron chi connectivity index (χ2n) is 5.98. The van der Waals surface area contributed by atoms with Gasteiger partial charge in [-0.2, -0.15) is 0 Å². The molecule has 138 valence electrons. The van der Waals surface area contributed by atoms with Gasteiger partial charge in [0.1, 0.15) is 5.82 Å². The lowest BCUT2D eigenvalue weighted by molar-refractivity contribution is -0.129. The molecule has 0 aliphatic heterocycles. The number of aromatic nitrogens is 1. The number of carbonyl (C=O) groups is 2. The van der Waals surface area contributed by atoms with Gasteiger partial charge in [-0.15, -0.1) is 11.3 Å². The average Bonchev–Trinajstić information content (AvgIpc) is 3.11. The first-order chi connectivity index (χ1) is 13.0. The lowest BCUT2D eigenvalue weighted by atomic mass is 10.2. The Morgan fingerprint density at radius 1 is 1.11 bits per heavy atom. The quantitative estimate of drug-likeness (QED) is 0.705. The van der Waals surface area contributed by atoms with Crippen LogP contribution in [0.15, 0.2) is 60.0 Å². The number of likely N-dealkylation sites (N-methyl/N-ethyl adjacent to an activating group) is 1. The van der Waals surface area contributed by atoms with Gasteiger partial charge in [0.05, 0.1) is 12.1 Å². The van der Waals surface area contributed by atoms with Gasteiger partial charge >= 0.3 is 0 Å². The van der Waals surface area contributed by atoms with E-state index < -0.39 is 0 Å². The van der Waals surface area contributed by atoms with Crippen LogP contribution < -0.4 is 5.32 Å². The smallest absolute Gasteiger partial charge is 0.257 e. The van der Waals surface area contributed by atoms with Crippen LogP contribution in [0.4, 0.5) is 9.52 Å². The van der Waals surface area contributed by atoms with Gasteiger partial charge in [0.25, 0.3) is 5.91 Å². The number of carbonyl (C=O) groups excluding carboxylic acids is 2. The van der Waals surface area contributed by atoms with E-state index in [9.17, 15) is 14.0 Å². The van der Waals surface area contributed by atoms with Crippen molar-refractivity contribution >= 4 is 28.3 Å². The van der Waals surface area contributed by atoms with E-state index in [1.807, 2.05) is 6.07 Å².